The quantitative estimate of drug-likeness (QED) is 0.464. The maximum atomic E-state index is 4.60. The third-order valence-corrected chi connectivity index (χ3v) is 3.97. The van der Waals surface area contributed by atoms with Gasteiger partial charge in [0.1, 0.15) is 5.52 Å². The summed E-state index contributed by atoms with van der Waals surface area (Å²) in [6.45, 7) is 3.03. The maximum Gasteiger partial charge on any atom is 0.231 e. The lowest BCUT2D eigenvalue weighted by Gasteiger charge is -2.10. The second-order valence-electron chi connectivity index (χ2n) is 5.81. The highest BCUT2D eigenvalue weighted by Gasteiger charge is 2.10. The van der Waals surface area contributed by atoms with Gasteiger partial charge in [-0.15, -0.1) is 0 Å². The topological polar surface area (TPSA) is 91.4 Å². The molecule has 0 spiro atoms. The number of anilines is 3. The Morgan fingerprint density at radius 1 is 1.12 bits per heavy atom. The van der Waals surface area contributed by atoms with E-state index < -0.39 is 0 Å². The van der Waals surface area contributed by atoms with Crippen LogP contribution < -0.4 is 10.6 Å². The predicted molar refractivity (Wildman–Crippen MR) is 100 cm³/mol. The molecule has 1 aromatic carbocycles. The highest BCUT2D eigenvalue weighted by atomic mass is 15.2. The van der Waals surface area contributed by atoms with Gasteiger partial charge in [-0.2, -0.15) is 9.97 Å². The Morgan fingerprint density at radius 2 is 2.08 bits per heavy atom. The van der Waals surface area contributed by atoms with Gasteiger partial charge in [-0.05, 0) is 30.7 Å². The van der Waals surface area contributed by atoms with E-state index in [2.05, 4.69) is 42.5 Å². The second-order valence-corrected chi connectivity index (χ2v) is 5.81. The van der Waals surface area contributed by atoms with Crippen LogP contribution in [0.15, 0.2) is 42.9 Å². The number of nitrogens with one attached hydrogen (secondary N) is 3. The number of rotatable bonds is 6. The fourth-order valence-corrected chi connectivity index (χ4v) is 2.68. The van der Waals surface area contributed by atoms with Crippen LogP contribution in [0.4, 0.5) is 17.5 Å². The first-order chi connectivity index (χ1) is 12.3. The Morgan fingerprint density at radius 3 is 3.00 bits per heavy atom. The highest BCUT2D eigenvalue weighted by Crippen LogP contribution is 2.23. The summed E-state index contributed by atoms with van der Waals surface area (Å²) in [5.41, 5.74) is 3.33. The van der Waals surface area contributed by atoms with Crippen molar-refractivity contribution in [2.45, 2.75) is 19.8 Å². The van der Waals surface area contributed by atoms with Gasteiger partial charge in [0.25, 0.3) is 0 Å². The summed E-state index contributed by atoms with van der Waals surface area (Å²) in [5, 5.41) is 7.69. The fourth-order valence-electron chi connectivity index (χ4n) is 2.68. The minimum Gasteiger partial charge on any atom is -0.368 e. The average molecular weight is 333 g/mol. The third-order valence-electron chi connectivity index (χ3n) is 3.97. The van der Waals surface area contributed by atoms with Gasteiger partial charge in [0, 0.05) is 23.8 Å². The Bertz CT molecular complexity index is 1010. The largest absolute Gasteiger partial charge is 0.368 e. The number of aromatic amines is 1. The molecule has 0 unspecified atom stereocenters. The van der Waals surface area contributed by atoms with Crippen molar-refractivity contribution in [3.8, 4) is 0 Å². The lowest BCUT2D eigenvalue weighted by molar-refractivity contribution is 0.831. The molecule has 25 heavy (non-hydrogen) atoms. The minimum absolute atomic E-state index is 0.516. The number of imidazole rings is 1. The molecule has 4 aromatic rings. The molecular weight excluding hydrogens is 314 g/mol. The normalized spacial score (nSPS) is 11.1. The summed E-state index contributed by atoms with van der Waals surface area (Å²) in [6.07, 6.45) is 5.63. The zero-order valence-corrected chi connectivity index (χ0v) is 14.0. The molecule has 3 N–H and O–H groups in total. The minimum atomic E-state index is 0.516. The maximum absolute atomic E-state index is 4.60. The van der Waals surface area contributed by atoms with Crippen LogP contribution in [-0.4, -0.2) is 31.5 Å². The standard InChI is InChI=1S/C18H19N7/c1-2-3-8-20-16-15-17(22-11-21-15)25-18(24-16)23-13-6-7-14-12(10-13)5-4-9-19-14/h4-7,9-11H,2-3,8H2,1H3,(H3,20,21,22,23,24,25). The molecule has 0 aliphatic rings. The molecule has 7 nitrogen and oxygen atoms in total. The summed E-state index contributed by atoms with van der Waals surface area (Å²) < 4.78 is 0. The van der Waals surface area contributed by atoms with Crippen LogP contribution in [0.5, 0.6) is 0 Å². The molecule has 0 radical (unpaired) electrons. The molecule has 7 heteroatoms. The van der Waals surface area contributed by atoms with Crippen molar-refractivity contribution in [2.75, 3.05) is 17.2 Å². The number of pyridine rings is 1. The van der Waals surface area contributed by atoms with E-state index >= 15 is 0 Å². The second kappa shape index (κ2) is 6.72. The number of benzene rings is 1. The molecule has 0 aliphatic heterocycles. The van der Waals surface area contributed by atoms with Crippen LogP contribution in [0.3, 0.4) is 0 Å². The summed E-state index contributed by atoms with van der Waals surface area (Å²) in [7, 11) is 0. The van der Waals surface area contributed by atoms with E-state index in [4.69, 9.17) is 0 Å². The molecule has 0 saturated carbocycles. The van der Waals surface area contributed by atoms with Crippen molar-refractivity contribution in [2.24, 2.45) is 0 Å². The molecular formula is C18H19N7. The Balaban J connectivity index is 1.65. The molecule has 3 heterocycles. The first kappa shape index (κ1) is 15.3. The lowest BCUT2D eigenvalue weighted by atomic mass is 10.2. The summed E-state index contributed by atoms with van der Waals surface area (Å²) in [5.74, 6) is 1.28. The van der Waals surface area contributed by atoms with Crippen molar-refractivity contribution < 1.29 is 0 Å². The number of H-pyrrole nitrogens is 1. The van der Waals surface area contributed by atoms with Crippen LogP contribution in [0, 0.1) is 0 Å². The lowest BCUT2D eigenvalue weighted by Crippen LogP contribution is -2.06. The molecule has 4 rings (SSSR count). The monoisotopic (exact) mass is 333 g/mol. The van der Waals surface area contributed by atoms with E-state index in [1.54, 1.807) is 12.5 Å². The van der Waals surface area contributed by atoms with Gasteiger partial charge < -0.3 is 15.6 Å². The molecule has 0 atom stereocenters. The number of unbranched alkanes of at least 4 members (excludes halogenated alkanes) is 1. The van der Waals surface area contributed by atoms with E-state index in [0.717, 1.165) is 47.3 Å². The number of hydrogen-bond donors (Lipinski definition) is 3. The molecule has 0 amide bonds. The van der Waals surface area contributed by atoms with Gasteiger partial charge in [0.05, 0.1) is 11.8 Å². The first-order valence-electron chi connectivity index (χ1n) is 8.40. The summed E-state index contributed by atoms with van der Waals surface area (Å²) in [6, 6.07) is 9.94. The molecule has 3 aromatic heterocycles. The average Bonchev–Trinajstić information content (AvgIpc) is 3.10. The predicted octanol–water partition coefficient (Wildman–Crippen LogP) is 3.86. The van der Waals surface area contributed by atoms with E-state index in [1.807, 2.05) is 30.3 Å². The number of aromatic nitrogens is 5. The molecule has 0 bridgehead atoms. The highest BCUT2D eigenvalue weighted by molar-refractivity contribution is 5.85. The van der Waals surface area contributed by atoms with Crippen molar-refractivity contribution in [3.63, 3.8) is 0 Å². The Kier molecular flexibility index (Phi) is 4.12. The van der Waals surface area contributed by atoms with Crippen molar-refractivity contribution in [1.29, 1.82) is 0 Å². The van der Waals surface area contributed by atoms with Gasteiger partial charge >= 0.3 is 0 Å². The van der Waals surface area contributed by atoms with Gasteiger partial charge in [0.15, 0.2) is 11.5 Å². The van der Waals surface area contributed by atoms with E-state index in [0.29, 0.717) is 11.6 Å². The van der Waals surface area contributed by atoms with Crippen molar-refractivity contribution in [1.82, 2.24) is 24.9 Å². The number of nitrogens with zero attached hydrogens (tertiary/aromatic N) is 4. The molecule has 126 valence electrons. The van der Waals surface area contributed by atoms with Crippen molar-refractivity contribution >= 4 is 39.5 Å². The van der Waals surface area contributed by atoms with Crippen LogP contribution in [0.1, 0.15) is 19.8 Å². The Hall–Kier alpha value is -3.22. The van der Waals surface area contributed by atoms with Crippen LogP contribution in [-0.2, 0) is 0 Å². The van der Waals surface area contributed by atoms with Gasteiger partial charge in [-0.1, -0.05) is 19.4 Å². The zero-order valence-electron chi connectivity index (χ0n) is 14.0. The van der Waals surface area contributed by atoms with E-state index in [9.17, 15) is 0 Å². The van der Waals surface area contributed by atoms with Crippen LogP contribution >= 0.6 is 0 Å². The first-order valence-corrected chi connectivity index (χ1v) is 8.40. The fraction of sp³-hybridized carbons (Fsp3) is 0.222. The zero-order chi connectivity index (χ0) is 17.1. The SMILES string of the molecule is CCCCNc1nc(Nc2ccc3ncccc3c2)nc2nc[nH]c12. The third kappa shape index (κ3) is 3.21. The number of hydrogen-bond acceptors (Lipinski definition) is 6. The van der Waals surface area contributed by atoms with Crippen LogP contribution in [0.25, 0.3) is 22.1 Å². The van der Waals surface area contributed by atoms with Gasteiger partial charge in [0.2, 0.25) is 5.95 Å². The summed E-state index contributed by atoms with van der Waals surface area (Å²) >= 11 is 0. The van der Waals surface area contributed by atoms with Gasteiger partial charge in [-0.3, -0.25) is 4.98 Å². The molecule has 0 fully saturated rings. The Labute approximate surface area is 144 Å². The smallest absolute Gasteiger partial charge is 0.231 e. The molecule has 0 saturated heterocycles. The van der Waals surface area contributed by atoms with Gasteiger partial charge in [-0.25, -0.2) is 4.98 Å². The summed E-state index contributed by atoms with van der Waals surface area (Å²) in [4.78, 5) is 20.8. The molecule has 0 aliphatic carbocycles. The van der Waals surface area contributed by atoms with Crippen molar-refractivity contribution in [3.05, 3.63) is 42.9 Å². The van der Waals surface area contributed by atoms with E-state index in [-0.39, 0.29) is 0 Å². The van der Waals surface area contributed by atoms with Crippen LogP contribution in [0.2, 0.25) is 0 Å². The van der Waals surface area contributed by atoms with E-state index in [1.165, 1.54) is 0 Å². The number of fused-ring (bicyclic) bond motifs is 2.